The number of halogens is 1. The predicted molar refractivity (Wildman–Crippen MR) is 120 cm³/mol. The van der Waals surface area contributed by atoms with Crippen LogP contribution in [0.3, 0.4) is 0 Å². The van der Waals surface area contributed by atoms with Crippen LogP contribution in [-0.2, 0) is 22.1 Å². The molecular weight excluding hydrogens is 415 g/mol. The van der Waals surface area contributed by atoms with Gasteiger partial charge < -0.3 is 10.2 Å². The average molecular weight is 445 g/mol. The summed E-state index contributed by atoms with van der Waals surface area (Å²) in [6, 6.07) is 11.9. The third-order valence-corrected chi connectivity index (χ3v) is 7.21. The van der Waals surface area contributed by atoms with Gasteiger partial charge in [0.05, 0.1) is 10.8 Å². The molecule has 1 aliphatic rings. The Kier molecular flexibility index (Phi) is 7.59. The molecule has 1 heterocycles. The molecule has 3 rings (SSSR count). The largest absolute Gasteiger partial charge is 0.352 e. The van der Waals surface area contributed by atoms with E-state index in [1.165, 1.54) is 6.07 Å². The summed E-state index contributed by atoms with van der Waals surface area (Å²) < 4.78 is 25.8. The molecule has 1 atom stereocenters. The van der Waals surface area contributed by atoms with Crippen molar-refractivity contribution in [3.8, 4) is 0 Å². The molecule has 2 aromatic rings. The van der Waals surface area contributed by atoms with Gasteiger partial charge in [0.15, 0.2) is 0 Å². The summed E-state index contributed by atoms with van der Waals surface area (Å²) >= 11 is 0. The minimum Gasteiger partial charge on any atom is -0.352 e. The molecule has 1 N–H and O–H groups in total. The van der Waals surface area contributed by atoms with Crippen LogP contribution >= 0.6 is 0 Å². The lowest BCUT2D eigenvalue weighted by molar-refractivity contribution is -0.126. The van der Waals surface area contributed by atoms with Gasteiger partial charge in [-0.25, -0.2) is 4.39 Å². The second-order valence-corrected chi connectivity index (χ2v) is 10.2. The van der Waals surface area contributed by atoms with E-state index in [-0.39, 0.29) is 28.8 Å². The second kappa shape index (κ2) is 10.2. The van der Waals surface area contributed by atoms with Gasteiger partial charge in [0.2, 0.25) is 5.91 Å². The number of carbonyl (C=O) groups excluding carboxylic acids is 2. The standard InChI is InChI=1S/C24H29FN2O3S/c1-16(2)31(30)21-8-6-20(7-9-21)24(29)27-12-10-19(11-13-27)23(28)26-15-18-5-4-17(3)22(25)14-18/h4-9,14,16,19H,10-13,15H2,1-3H3,(H,26,28)/t31-/m0/s1. The van der Waals surface area contributed by atoms with E-state index in [1.807, 2.05) is 19.9 Å². The quantitative estimate of drug-likeness (QED) is 0.737. The van der Waals surface area contributed by atoms with E-state index >= 15 is 0 Å². The minimum absolute atomic E-state index is 0.0248. The Balaban J connectivity index is 1.50. The van der Waals surface area contributed by atoms with Gasteiger partial charge in [0.25, 0.3) is 5.91 Å². The van der Waals surface area contributed by atoms with Crippen molar-refractivity contribution in [2.75, 3.05) is 13.1 Å². The van der Waals surface area contributed by atoms with E-state index in [0.29, 0.717) is 43.6 Å². The van der Waals surface area contributed by atoms with Gasteiger partial charge in [0.1, 0.15) is 5.82 Å². The fourth-order valence-corrected chi connectivity index (χ4v) is 4.56. The maximum absolute atomic E-state index is 13.6. The molecule has 2 aromatic carbocycles. The fraction of sp³-hybridized carbons (Fsp3) is 0.417. The summed E-state index contributed by atoms with van der Waals surface area (Å²) in [6.45, 7) is 6.81. The number of amides is 2. The smallest absolute Gasteiger partial charge is 0.253 e. The van der Waals surface area contributed by atoms with Crippen LogP contribution in [0.1, 0.15) is 48.2 Å². The first kappa shape index (κ1) is 23.1. The van der Waals surface area contributed by atoms with Crippen LogP contribution in [0.15, 0.2) is 47.4 Å². The lowest BCUT2D eigenvalue weighted by atomic mass is 9.95. The number of hydrogen-bond donors (Lipinski definition) is 1. The zero-order chi connectivity index (χ0) is 22.5. The number of nitrogens with zero attached hydrogens (tertiary/aromatic N) is 1. The molecule has 0 bridgehead atoms. The third-order valence-electron chi connectivity index (χ3n) is 5.62. The molecule has 1 saturated heterocycles. The molecule has 0 saturated carbocycles. The Morgan fingerprint density at radius 2 is 1.77 bits per heavy atom. The molecule has 0 spiro atoms. The number of likely N-dealkylation sites (tertiary alicyclic amines) is 1. The minimum atomic E-state index is -1.08. The van der Waals surface area contributed by atoms with Crippen LogP contribution < -0.4 is 5.32 Å². The monoisotopic (exact) mass is 444 g/mol. The van der Waals surface area contributed by atoms with E-state index < -0.39 is 10.8 Å². The highest BCUT2D eigenvalue weighted by molar-refractivity contribution is 7.85. The molecule has 0 unspecified atom stereocenters. The Labute approximate surface area is 185 Å². The van der Waals surface area contributed by atoms with Crippen molar-refractivity contribution in [3.05, 3.63) is 65.0 Å². The number of piperidine rings is 1. The highest BCUT2D eigenvalue weighted by Gasteiger charge is 2.27. The molecule has 166 valence electrons. The van der Waals surface area contributed by atoms with Gasteiger partial charge >= 0.3 is 0 Å². The summed E-state index contributed by atoms with van der Waals surface area (Å²) in [5.41, 5.74) is 1.87. The van der Waals surface area contributed by atoms with Crippen LogP contribution in [0.2, 0.25) is 0 Å². The zero-order valence-electron chi connectivity index (χ0n) is 18.2. The number of benzene rings is 2. The first-order chi connectivity index (χ1) is 14.8. The summed E-state index contributed by atoms with van der Waals surface area (Å²) in [6.07, 6.45) is 1.19. The van der Waals surface area contributed by atoms with Crippen molar-refractivity contribution in [2.45, 2.75) is 50.3 Å². The number of rotatable bonds is 6. The molecule has 2 amide bonds. The lowest BCUT2D eigenvalue weighted by Crippen LogP contribution is -2.42. The molecule has 0 radical (unpaired) electrons. The Bertz CT molecular complexity index is 967. The van der Waals surface area contributed by atoms with Crippen molar-refractivity contribution in [1.29, 1.82) is 0 Å². The van der Waals surface area contributed by atoms with E-state index in [9.17, 15) is 18.2 Å². The van der Waals surface area contributed by atoms with Gasteiger partial charge in [0, 0.05) is 41.3 Å². The van der Waals surface area contributed by atoms with E-state index in [1.54, 1.807) is 42.2 Å². The first-order valence-corrected chi connectivity index (χ1v) is 11.8. The van der Waals surface area contributed by atoms with Crippen molar-refractivity contribution in [3.63, 3.8) is 0 Å². The van der Waals surface area contributed by atoms with Crippen LogP contribution in [0.5, 0.6) is 0 Å². The highest BCUT2D eigenvalue weighted by atomic mass is 32.2. The van der Waals surface area contributed by atoms with E-state index in [0.717, 1.165) is 10.5 Å². The van der Waals surface area contributed by atoms with Crippen molar-refractivity contribution in [1.82, 2.24) is 10.2 Å². The van der Waals surface area contributed by atoms with Gasteiger partial charge in [-0.1, -0.05) is 26.0 Å². The van der Waals surface area contributed by atoms with Crippen molar-refractivity contribution in [2.24, 2.45) is 5.92 Å². The number of aryl methyl sites for hydroxylation is 1. The third kappa shape index (κ3) is 5.79. The number of hydrogen-bond acceptors (Lipinski definition) is 3. The molecule has 7 heteroatoms. The van der Waals surface area contributed by atoms with Crippen molar-refractivity contribution < 1.29 is 18.2 Å². The molecule has 0 aliphatic carbocycles. The van der Waals surface area contributed by atoms with Crippen molar-refractivity contribution >= 4 is 22.6 Å². The topological polar surface area (TPSA) is 66.5 Å². The maximum atomic E-state index is 13.6. The Morgan fingerprint density at radius 1 is 1.13 bits per heavy atom. The van der Waals surface area contributed by atoms with Gasteiger partial charge in [-0.3, -0.25) is 13.8 Å². The maximum Gasteiger partial charge on any atom is 0.253 e. The first-order valence-electron chi connectivity index (χ1n) is 10.6. The zero-order valence-corrected chi connectivity index (χ0v) is 19.0. The fourth-order valence-electron chi connectivity index (χ4n) is 3.61. The molecule has 5 nitrogen and oxygen atoms in total. The van der Waals surface area contributed by atoms with Crippen LogP contribution in [0, 0.1) is 18.7 Å². The SMILES string of the molecule is Cc1ccc(CNC(=O)C2CCN(C(=O)c3ccc([S@@](=O)C(C)C)cc3)CC2)cc1F. The summed E-state index contributed by atoms with van der Waals surface area (Å²) in [5, 5.41) is 2.90. The second-order valence-electron chi connectivity index (χ2n) is 8.24. The molecule has 0 aromatic heterocycles. The van der Waals surface area contributed by atoms with Crippen LogP contribution in [0.4, 0.5) is 4.39 Å². The Morgan fingerprint density at radius 3 is 2.35 bits per heavy atom. The summed E-state index contributed by atoms with van der Waals surface area (Å²) in [7, 11) is -1.08. The molecule has 1 fully saturated rings. The molecular formula is C24H29FN2O3S. The normalized spacial score (nSPS) is 15.7. The number of nitrogens with one attached hydrogen (secondary N) is 1. The van der Waals surface area contributed by atoms with Crippen LogP contribution in [0.25, 0.3) is 0 Å². The molecule has 31 heavy (non-hydrogen) atoms. The Hall–Kier alpha value is -2.54. The average Bonchev–Trinajstić information content (AvgIpc) is 2.78. The lowest BCUT2D eigenvalue weighted by Gasteiger charge is -2.31. The van der Waals surface area contributed by atoms with Gasteiger partial charge in [-0.2, -0.15) is 0 Å². The summed E-state index contributed by atoms with van der Waals surface area (Å²) in [4.78, 5) is 27.7. The van der Waals surface area contributed by atoms with E-state index in [4.69, 9.17) is 0 Å². The van der Waals surface area contributed by atoms with Gasteiger partial charge in [-0.05, 0) is 61.2 Å². The summed E-state index contributed by atoms with van der Waals surface area (Å²) in [5.74, 6) is -0.568. The molecule has 1 aliphatic heterocycles. The van der Waals surface area contributed by atoms with Crippen LogP contribution in [-0.4, -0.2) is 39.3 Å². The van der Waals surface area contributed by atoms with E-state index in [2.05, 4.69) is 5.32 Å². The number of carbonyl (C=O) groups is 2. The predicted octanol–water partition coefficient (Wildman–Crippen LogP) is 3.82. The van der Waals surface area contributed by atoms with Gasteiger partial charge in [-0.15, -0.1) is 0 Å². The highest BCUT2D eigenvalue weighted by Crippen LogP contribution is 2.21.